The lowest BCUT2D eigenvalue weighted by Gasteiger charge is -2.22. The lowest BCUT2D eigenvalue weighted by molar-refractivity contribution is -0.116. The molecule has 9 heteroatoms. The van der Waals surface area contributed by atoms with Gasteiger partial charge in [-0.25, -0.2) is 9.48 Å². The van der Waals surface area contributed by atoms with Crippen LogP contribution in [0, 0.1) is 0 Å². The fourth-order valence-corrected chi connectivity index (χ4v) is 3.82. The zero-order chi connectivity index (χ0) is 25.6. The zero-order valence-electron chi connectivity index (χ0n) is 20.4. The van der Waals surface area contributed by atoms with E-state index in [1.54, 1.807) is 22.9 Å². The number of aromatic nitrogens is 2. The summed E-state index contributed by atoms with van der Waals surface area (Å²) in [5, 5.41) is 11.0. The van der Waals surface area contributed by atoms with Crippen LogP contribution in [0.25, 0.3) is 5.69 Å². The van der Waals surface area contributed by atoms with Gasteiger partial charge >= 0.3 is 6.03 Å². The molecule has 35 heavy (non-hydrogen) atoms. The minimum Gasteiger partial charge on any atom is -0.315 e. The number of nitrogens with one attached hydrogen (secondary N) is 2. The number of para-hydroxylation sites is 1. The molecule has 7 nitrogen and oxygen atoms in total. The molecule has 186 valence electrons. The second kappa shape index (κ2) is 11.7. The number of unbranched alkanes of at least 4 members (excludes halogenated alkanes) is 1. The summed E-state index contributed by atoms with van der Waals surface area (Å²) in [6.45, 7) is 8.57. The van der Waals surface area contributed by atoms with Crippen molar-refractivity contribution in [3.05, 3.63) is 69.8 Å². The van der Waals surface area contributed by atoms with Crippen molar-refractivity contribution in [2.45, 2.75) is 46.0 Å². The highest BCUT2D eigenvalue weighted by Crippen LogP contribution is 2.29. The molecule has 0 bridgehead atoms. The van der Waals surface area contributed by atoms with Crippen molar-refractivity contribution in [1.29, 1.82) is 0 Å². The Morgan fingerprint density at radius 3 is 2.40 bits per heavy atom. The molecule has 1 aromatic heterocycles. The minimum atomic E-state index is -0.328. The fraction of sp³-hybridized carbons (Fsp3) is 0.346. The SMILES string of the molecule is CCCCN(CC(=O)Nc1cc(C(C)(C)C)nn1-c1ccccc1Cl)C(=O)Nc1ccc(Br)cc1. The minimum absolute atomic E-state index is 0.0963. The van der Waals surface area contributed by atoms with Gasteiger partial charge in [-0.2, -0.15) is 5.10 Å². The van der Waals surface area contributed by atoms with E-state index < -0.39 is 0 Å². The molecule has 0 fully saturated rings. The van der Waals surface area contributed by atoms with Gasteiger partial charge in [0, 0.05) is 28.2 Å². The Kier molecular flexibility index (Phi) is 8.97. The number of carbonyl (C=O) groups excluding carboxylic acids is 2. The van der Waals surface area contributed by atoms with Gasteiger partial charge in [-0.15, -0.1) is 0 Å². The van der Waals surface area contributed by atoms with Crippen LogP contribution in [0.5, 0.6) is 0 Å². The van der Waals surface area contributed by atoms with E-state index in [9.17, 15) is 9.59 Å². The molecule has 2 N–H and O–H groups in total. The Morgan fingerprint density at radius 2 is 1.77 bits per heavy atom. The maximum absolute atomic E-state index is 13.1. The van der Waals surface area contributed by atoms with E-state index in [1.165, 1.54) is 4.90 Å². The smallest absolute Gasteiger partial charge is 0.315 e. The van der Waals surface area contributed by atoms with Crippen molar-refractivity contribution in [3.63, 3.8) is 0 Å². The lowest BCUT2D eigenvalue weighted by atomic mass is 9.92. The topological polar surface area (TPSA) is 79.3 Å². The van der Waals surface area contributed by atoms with Crippen LogP contribution >= 0.6 is 27.5 Å². The molecule has 2 aromatic carbocycles. The normalized spacial score (nSPS) is 11.3. The molecule has 0 saturated heterocycles. The molecule has 3 aromatic rings. The largest absolute Gasteiger partial charge is 0.322 e. The van der Waals surface area contributed by atoms with Crippen LogP contribution in [-0.2, 0) is 10.2 Å². The van der Waals surface area contributed by atoms with Gasteiger partial charge in [-0.05, 0) is 42.8 Å². The number of benzene rings is 2. The summed E-state index contributed by atoms with van der Waals surface area (Å²) in [7, 11) is 0. The van der Waals surface area contributed by atoms with Gasteiger partial charge in [-0.1, -0.05) is 73.8 Å². The van der Waals surface area contributed by atoms with Crippen molar-refractivity contribution in [1.82, 2.24) is 14.7 Å². The number of amides is 3. The Labute approximate surface area is 220 Å². The summed E-state index contributed by atoms with van der Waals surface area (Å²) in [5.41, 5.74) is 1.90. The number of halogens is 2. The summed E-state index contributed by atoms with van der Waals surface area (Å²) in [4.78, 5) is 27.6. The number of anilines is 2. The van der Waals surface area contributed by atoms with Gasteiger partial charge in [-0.3, -0.25) is 4.79 Å². The van der Waals surface area contributed by atoms with Crippen molar-refractivity contribution in [2.24, 2.45) is 0 Å². The Morgan fingerprint density at radius 1 is 1.09 bits per heavy atom. The Balaban J connectivity index is 1.81. The van der Waals surface area contributed by atoms with E-state index in [0.29, 0.717) is 28.8 Å². The molecule has 0 aliphatic carbocycles. The molecular weight excluding hydrogens is 530 g/mol. The van der Waals surface area contributed by atoms with Crippen LogP contribution in [-0.4, -0.2) is 39.7 Å². The number of hydrogen-bond donors (Lipinski definition) is 2. The average Bonchev–Trinajstić information content (AvgIpc) is 3.22. The third-order valence-corrected chi connectivity index (χ3v) is 6.17. The van der Waals surface area contributed by atoms with Gasteiger partial charge < -0.3 is 15.5 Å². The quantitative estimate of drug-likeness (QED) is 0.316. The molecule has 0 radical (unpaired) electrons. The monoisotopic (exact) mass is 559 g/mol. The Bertz CT molecular complexity index is 1170. The van der Waals surface area contributed by atoms with Gasteiger partial charge in [0.25, 0.3) is 0 Å². The summed E-state index contributed by atoms with van der Waals surface area (Å²) in [6.07, 6.45) is 1.69. The average molecular weight is 561 g/mol. The third-order valence-electron chi connectivity index (χ3n) is 5.32. The summed E-state index contributed by atoms with van der Waals surface area (Å²) in [6, 6.07) is 16.1. The molecule has 0 aliphatic heterocycles. The van der Waals surface area contributed by atoms with Crippen LogP contribution in [0.4, 0.5) is 16.3 Å². The van der Waals surface area contributed by atoms with Crippen molar-refractivity contribution >= 4 is 51.0 Å². The molecular formula is C26H31BrClN5O2. The second-order valence-corrected chi connectivity index (χ2v) is 10.6. The first kappa shape index (κ1) is 26.8. The van der Waals surface area contributed by atoms with Crippen LogP contribution in [0.2, 0.25) is 5.02 Å². The van der Waals surface area contributed by atoms with E-state index in [0.717, 1.165) is 23.0 Å². The van der Waals surface area contributed by atoms with Crippen LogP contribution < -0.4 is 10.6 Å². The van der Waals surface area contributed by atoms with E-state index in [2.05, 4.69) is 47.3 Å². The summed E-state index contributed by atoms with van der Waals surface area (Å²) < 4.78 is 2.56. The van der Waals surface area contributed by atoms with E-state index in [4.69, 9.17) is 16.7 Å². The molecule has 0 atom stereocenters. The van der Waals surface area contributed by atoms with Crippen LogP contribution in [0.15, 0.2) is 59.1 Å². The zero-order valence-corrected chi connectivity index (χ0v) is 22.8. The first-order chi connectivity index (χ1) is 16.6. The predicted molar refractivity (Wildman–Crippen MR) is 146 cm³/mol. The van der Waals surface area contributed by atoms with Crippen molar-refractivity contribution < 1.29 is 9.59 Å². The number of hydrogen-bond acceptors (Lipinski definition) is 3. The van der Waals surface area contributed by atoms with E-state index in [1.807, 2.05) is 43.3 Å². The lowest BCUT2D eigenvalue weighted by Crippen LogP contribution is -2.41. The second-order valence-electron chi connectivity index (χ2n) is 9.29. The number of nitrogens with zero attached hydrogens (tertiary/aromatic N) is 3. The van der Waals surface area contributed by atoms with Crippen molar-refractivity contribution in [3.8, 4) is 5.69 Å². The van der Waals surface area contributed by atoms with Gasteiger partial charge in [0.2, 0.25) is 5.91 Å². The van der Waals surface area contributed by atoms with Gasteiger partial charge in [0.15, 0.2) is 0 Å². The predicted octanol–water partition coefficient (Wildman–Crippen LogP) is 6.86. The maximum Gasteiger partial charge on any atom is 0.322 e. The highest BCUT2D eigenvalue weighted by atomic mass is 79.9. The highest BCUT2D eigenvalue weighted by Gasteiger charge is 2.23. The van der Waals surface area contributed by atoms with E-state index in [-0.39, 0.29) is 23.9 Å². The Hall–Kier alpha value is -2.84. The number of rotatable bonds is 8. The molecule has 1 heterocycles. The van der Waals surface area contributed by atoms with Gasteiger partial charge in [0.1, 0.15) is 12.4 Å². The third kappa shape index (κ3) is 7.32. The standard InChI is InChI=1S/C26H31BrClN5O2/c1-5-6-15-32(25(35)29-19-13-11-18(27)12-14-19)17-24(34)30-23-16-22(26(2,3)4)31-33(23)21-10-8-7-9-20(21)28/h7-14,16H,5-6,15,17H2,1-4H3,(H,29,35)(H,30,34). The molecule has 0 unspecified atom stereocenters. The molecule has 3 amide bonds. The summed E-state index contributed by atoms with van der Waals surface area (Å²) in [5.74, 6) is 0.178. The molecule has 0 spiro atoms. The fourth-order valence-electron chi connectivity index (χ4n) is 3.34. The maximum atomic E-state index is 13.1. The first-order valence-electron chi connectivity index (χ1n) is 11.5. The first-order valence-corrected chi connectivity index (χ1v) is 12.7. The molecule has 0 aliphatic rings. The molecule has 0 saturated carbocycles. The van der Waals surface area contributed by atoms with Crippen molar-refractivity contribution in [2.75, 3.05) is 23.7 Å². The van der Waals surface area contributed by atoms with Gasteiger partial charge in [0.05, 0.1) is 16.4 Å². The summed E-state index contributed by atoms with van der Waals surface area (Å²) >= 11 is 9.81. The molecule has 3 rings (SSSR count). The number of carbonyl (C=O) groups is 2. The van der Waals surface area contributed by atoms with Crippen LogP contribution in [0.3, 0.4) is 0 Å². The highest BCUT2D eigenvalue weighted by molar-refractivity contribution is 9.10. The van der Waals surface area contributed by atoms with E-state index >= 15 is 0 Å². The van der Waals surface area contributed by atoms with Crippen LogP contribution in [0.1, 0.15) is 46.2 Å². The number of urea groups is 1.